The average Bonchev–Trinajstić information content (AvgIpc) is 2.63. The molecule has 0 unspecified atom stereocenters. The minimum atomic E-state index is 0.595. The highest BCUT2D eigenvalue weighted by molar-refractivity contribution is 5.85. The predicted molar refractivity (Wildman–Crippen MR) is 113 cm³/mol. The first-order valence-corrected chi connectivity index (χ1v) is 9.77. The molecule has 0 aliphatic rings. The van der Waals surface area contributed by atoms with E-state index in [0.29, 0.717) is 6.61 Å². The topological polar surface area (TPSA) is 43.3 Å². The Morgan fingerprint density at radius 3 is 2.44 bits per heavy atom. The SMILES string of the molecule is C/C=C/COc1cc(C)c(OCCCCN(C)C/C(CC)=N/OC)c(C)c1. The van der Waals surface area contributed by atoms with Crippen LogP contribution in [-0.2, 0) is 4.84 Å². The van der Waals surface area contributed by atoms with Crippen LogP contribution >= 0.6 is 0 Å². The smallest absolute Gasteiger partial charge is 0.125 e. The summed E-state index contributed by atoms with van der Waals surface area (Å²) in [7, 11) is 3.71. The van der Waals surface area contributed by atoms with Crippen molar-refractivity contribution in [2.45, 2.75) is 47.0 Å². The maximum atomic E-state index is 6.04. The third-order valence-electron chi connectivity index (χ3n) is 4.28. The van der Waals surface area contributed by atoms with Crippen LogP contribution in [0.3, 0.4) is 0 Å². The molecule has 0 amide bonds. The van der Waals surface area contributed by atoms with E-state index in [1.54, 1.807) is 7.11 Å². The second-order valence-electron chi connectivity index (χ2n) is 6.75. The quantitative estimate of drug-likeness (QED) is 0.215. The number of aryl methyl sites for hydroxylation is 2. The molecule has 0 saturated carbocycles. The molecule has 1 rings (SSSR count). The molecule has 0 bridgehead atoms. The number of oxime groups is 1. The molecule has 0 saturated heterocycles. The predicted octanol–water partition coefficient (Wildman–Crippen LogP) is 4.76. The van der Waals surface area contributed by atoms with Crippen molar-refractivity contribution in [3.63, 3.8) is 0 Å². The molecule has 0 atom stereocenters. The summed E-state index contributed by atoms with van der Waals surface area (Å²) in [6.07, 6.45) is 7.00. The van der Waals surface area contributed by atoms with Gasteiger partial charge in [-0.1, -0.05) is 24.2 Å². The molecule has 0 aliphatic heterocycles. The van der Waals surface area contributed by atoms with E-state index in [4.69, 9.17) is 14.3 Å². The molecular weight excluding hydrogens is 340 g/mol. The molecule has 0 fully saturated rings. The fourth-order valence-corrected chi connectivity index (χ4v) is 2.85. The molecule has 0 spiro atoms. The Hall–Kier alpha value is -2.01. The lowest BCUT2D eigenvalue weighted by molar-refractivity contribution is 0.209. The molecule has 27 heavy (non-hydrogen) atoms. The first-order chi connectivity index (χ1) is 13.0. The van der Waals surface area contributed by atoms with Crippen molar-refractivity contribution in [2.24, 2.45) is 5.16 Å². The maximum absolute atomic E-state index is 6.04. The van der Waals surface area contributed by atoms with Gasteiger partial charge in [0.05, 0.1) is 12.3 Å². The number of hydrogen-bond donors (Lipinski definition) is 0. The first-order valence-electron chi connectivity index (χ1n) is 9.77. The summed E-state index contributed by atoms with van der Waals surface area (Å²) < 4.78 is 11.8. The zero-order chi connectivity index (χ0) is 20.1. The minimum absolute atomic E-state index is 0.595. The van der Waals surface area contributed by atoms with E-state index in [0.717, 1.165) is 67.3 Å². The lowest BCUT2D eigenvalue weighted by Crippen LogP contribution is -2.27. The van der Waals surface area contributed by atoms with Crippen LogP contribution in [-0.4, -0.2) is 51.1 Å². The minimum Gasteiger partial charge on any atom is -0.493 e. The molecule has 0 radical (unpaired) electrons. The number of rotatable bonds is 13. The Morgan fingerprint density at radius 1 is 1.15 bits per heavy atom. The molecule has 1 aromatic rings. The standard InChI is InChI=1S/C22H36N2O3/c1-7-9-13-26-21-15-18(3)22(19(4)16-21)27-14-11-10-12-24(5)17-20(8-2)23-25-6/h7,9,15-16H,8,10-14,17H2,1-6H3/b9-7+,23-20+. The van der Waals surface area contributed by atoms with Crippen LogP contribution in [0, 0.1) is 13.8 Å². The Bertz CT molecular complexity index is 589. The summed E-state index contributed by atoms with van der Waals surface area (Å²) in [5.74, 6) is 1.86. The van der Waals surface area contributed by atoms with Crippen molar-refractivity contribution in [3.8, 4) is 11.5 Å². The van der Waals surface area contributed by atoms with Gasteiger partial charge < -0.3 is 19.2 Å². The molecule has 0 aliphatic carbocycles. The molecule has 5 heteroatoms. The van der Waals surface area contributed by atoms with Gasteiger partial charge in [0.2, 0.25) is 0 Å². The largest absolute Gasteiger partial charge is 0.493 e. The van der Waals surface area contributed by atoms with Crippen LogP contribution < -0.4 is 9.47 Å². The van der Waals surface area contributed by atoms with Crippen LogP contribution in [0.25, 0.3) is 0 Å². The van der Waals surface area contributed by atoms with Crippen molar-refractivity contribution >= 4 is 5.71 Å². The number of unbranched alkanes of at least 4 members (excludes halogenated alkanes) is 1. The van der Waals surface area contributed by atoms with Gasteiger partial charge in [0.15, 0.2) is 0 Å². The van der Waals surface area contributed by atoms with Gasteiger partial charge in [-0.25, -0.2) is 0 Å². The Labute approximate surface area is 165 Å². The van der Waals surface area contributed by atoms with E-state index in [1.807, 2.05) is 31.2 Å². The first kappa shape index (κ1) is 23.0. The summed E-state index contributed by atoms with van der Waals surface area (Å²) in [5, 5.41) is 4.05. The van der Waals surface area contributed by atoms with E-state index in [1.165, 1.54) is 0 Å². The van der Waals surface area contributed by atoms with E-state index in [-0.39, 0.29) is 0 Å². The van der Waals surface area contributed by atoms with Gasteiger partial charge in [0, 0.05) is 6.54 Å². The van der Waals surface area contributed by atoms with E-state index in [9.17, 15) is 0 Å². The second kappa shape index (κ2) is 13.2. The Morgan fingerprint density at radius 2 is 1.85 bits per heavy atom. The van der Waals surface area contributed by atoms with Crippen molar-refractivity contribution in [1.82, 2.24) is 4.90 Å². The number of nitrogens with zero attached hydrogens (tertiary/aromatic N) is 2. The number of benzene rings is 1. The van der Waals surface area contributed by atoms with Crippen molar-refractivity contribution in [1.29, 1.82) is 0 Å². The fourth-order valence-electron chi connectivity index (χ4n) is 2.85. The Kier molecular flexibility index (Phi) is 11.3. The Balaban J connectivity index is 2.38. The molecule has 0 heterocycles. The fraction of sp³-hybridized carbons (Fsp3) is 0.591. The second-order valence-corrected chi connectivity index (χ2v) is 6.75. The average molecular weight is 377 g/mol. The lowest BCUT2D eigenvalue weighted by atomic mass is 10.1. The lowest BCUT2D eigenvalue weighted by Gasteiger charge is -2.17. The van der Waals surface area contributed by atoms with E-state index < -0.39 is 0 Å². The number of hydrogen-bond acceptors (Lipinski definition) is 5. The van der Waals surface area contributed by atoms with Gasteiger partial charge >= 0.3 is 0 Å². The maximum Gasteiger partial charge on any atom is 0.125 e. The highest BCUT2D eigenvalue weighted by Crippen LogP contribution is 2.28. The molecule has 152 valence electrons. The molecule has 0 aromatic heterocycles. The van der Waals surface area contributed by atoms with Crippen LogP contribution in [0.2, 0.25) is 0 Å². The van der Waals surface area contributed by atoms with Crippen molar-refractivity contribution < 1.29 is 14.3 Å². The van der Waals surface area contributed by atoms with Gasteiger partial charge in [-0.05, 0) is 76.9 Å². The van der Waals surface area contributed by atoms with Crippen molar-refractivity contribution in [2.75, 3.05) is 40.5 Å². The monoisotopic (exact) mass is 376 g/mol. The molecular formula is C22H36N2O3. The van der Waals surface area contributed by atoms with Gasteiger partial charge in [-0.2, -0.15) is 0 Å². The summed E-state index contributed by atoms with van der Waals surface area (Å²) >= 11 is 0. The van der Waals surface area contributed by atoms with E-state index >= 15 is 0 Å². The van der Waals surface area contributed by atoms with Gasteiger partial charge in [0.1, 0.15) is 25.2 Å². The molecule has 5 nitrogen and oxygen atoms in total. The highest BCUT2D eigenvalue weighted by Gasteiger charge is 2.08. The third-order valence-corrected chi connectivity index (χ3v) is 4.28. The van der Waals surface area contributed by atoms with Crippen LogP contribution in [0.4, 0.5) is 0 Å². The molecule has 1 aromatic carbocycles. The van der Waals surface area contributed by atoms with Gasteiger partial charge in [0.25, 0.3) is 0 Å². The van der Waals surface area contributed by atoms with Crippen LogP contribution in [0.15, 0.2) is 29.4 Å². The normalized spacial score (nSPS) is 12.0. The number of ether oxygens (including phenoxy) is 2. The highest BCUT2D eigenvalue weighted by atomic mass is 16.6. The van der Waals surface area contributed by atoms with Crippen LogP contribution in [0.1, 0.15) is 44.2 Å². The van der Waals surface area contributed by atoms with Crippen LogP contribution in [0.5, 0.6) is 11.5 Å². The van der Waals surface area contributed by atoms with Gasteiger partial charge in [-0.3, -0.25) is 0 Å². The summed E-state index contributed by atoms with van der Waals surface area (Å²) in [6, 6.07) is 4.09. The zero-order valence-corrected chi connectivity index (χ0v) is 17.9. The summed E-state index contributed by atoms with van der Waals surface area (Å²) in [6.45, 7) is 11.4. The zero-order valence-electron chi connectivity index (χ0n) is 17.9. The van der Waals surface area contributed by atoms with E-state index in [2.05, 4.69) is 37.9 Å². The van der Waals surface area contributed by atoms with Gasteiger partial charge in [-0.15, -0.1) is 0 Å². The summed E-state index contributed by atoms with van der Waals surface area (Å²) in [4.78, 5) is 7.15. The molecule has 0 N–H and O–H groups in total. The third kappa shape index (κ3) is 8.96. The summed E-state index contributed by atoms with van der Waals surface area (Å²) in [5.41, 5.74) is 3.30. The number of allylic oxidation sites excluding steroid dienone is 1. The van der Waals surface area contributed by atoms with Crippen molar-refractivity contribution in [3.05, 3.63) is 35.4 Å².